The standard InChI is InChI=1S/C27H21F7N2O3/c1-14(16-8-18(26(29,30)31)12-19(9-16)27(32,33)34)39-22-13-36-21(24(22)15-2-4-20(28)5-3-15)10-17(11-23(36)37)25-35-6-7-38-25/h2-9,11-12,14,21-22,24H,10,13H2,1H3/t14-,21+,22+,24+/m1/s1. The summed E-state index contributed by atoms with van der Waals surface area (Å²) in [6.45, 7) is 1.38. The molecular formula is C27H21F7N2O3. The highest BCUT2D eigenvalue weighted by molar-refractivity contribution is 5.97. The van der Waals surface area contributed by atoms with E-state index in [0.717, 1.165) is 0 Å². The molecule has 2 aliphatic heterocycles. The molecule has 2 aromatic carbocycles. The number of oxazole rings is 1. The highest BCUT2D eigenvalue weighted by Crippen LogP contribution is 2.45. The monoisotopic (exact) mass is 554 g/mol. The van der Waals surface area contributed by atoms with E-state index in [0.29, 0.717) is 29.7 Å². The number of carbonyl (C=O) groups excluding carboxylic acids is 1. The molecule has 0 saturated carbocycles. The summed E-state index contributed by atoms with van der Waals surface area (Å²) in [5.41, 5.74) is -2.08. The summed E-state index contributed by atoms with van der Waals surface area (Å²) in [6, 6.07) is 6.31. The van der Waals surface area contributed by atoms with Gasteiger partial charge >= 0.3 is 12.4 Å². The predicted molar refractivity (Wildman–Crippen MR) is 123 cm³/mol. The van der Waals surface area contributed by atoms with Crippen LogP contribution < -0.4 is 0 Å². The van der Waals surface area contributed by atoms with Crippen molar-refractivity contribution >= 4 is 11.5 Å². The number of hydrogen-bond donors (Lipinski definition) is 0. The molecule has 39 heavy (non-hydrogen) atoms. The molecule has 5 rings (SSSR count). The van der Waals surface area contributed by atoms with Gasteiger partial charge in [-0.25, -0.2) is 9.37 Å². The first-order valence-electron chi connectivity index (χ1n) is 11.9. The lowest BCUT2D eigenvalue weighted by Gasteiger charge is -2.32. The molecule has 206 valence electrons. The van der Waals surface area contributed by atoms with Gasteiger partial charge in [0.2, 0.25) is 11.8 Å². The normalized spacial score (nSPS) is 22.6. The second kappa shape index (κ2) is 9.82. The van der Waals surface area contributed by atoms with Gasteiger partial charge in [0.15, 0.2) is 0 Å². The van der Waals surface area contributed by atoms with Crippen LogP contribution in [0, 0.1) is 5.82 Å². The quantitative estimate of drug-likeness (QED) is 0.327. The number of benzene rings is 2. The Labute approximate surface area is 217 Å². The summed E-state index contributed by atoms with van der Waals surface area (Å²) < 4.78 is 106. The van der Waals surface area contributed by atoms with E-state index in [9.17, 15) is 35.5 Å². The fourth-order valence-corrected chi connectivity index (χ4v) is 5.23. The predicted octanol–water partition coefficient (Wildman–Crippen LogP) is 6.78. The van der Waals surface area contributed by atoms with Crippen molar-refractivity contribution < 1.29 is 44.7 Å². The minimum absolute atomic E-state index is 0.0241. The summed E-state index contributed by atoms with van der Waals surface area (Å²) in [6.07, 6.45) is -7.57. The van der Waals surface area contributed by atoms with Gasteiger partial charge < -0.3 is 14.1 Å². The van der Waals surface area contributed by atoms with Crippen LogP contribution in [0.15, 0.2) is 65.4 Å². The van der Waals surface area contributed by atoms with E-state index in [-0.39, 0.29) is 30.0 Å². The average molecular weight is 554 g/mol. The molecule has 0 N–H and O–H groups in total. The van der Waals surface area contributed by atoms with Crippen molar-refractivity contribution in [2.45, 2.75) is 49.9 Å². The van der Waals surface area contributed by atoms with Crippen molar-refractivity contribution in [2.75, 3.05) is 6.54 Å². The Hall–Kier alpha value is -3.67. The van der Waals surface area contributed by atoms with Crippen LogP contribution in [0.5, 0.6) is 0 Å². The topological polar surface area (TPSA) is 55.6 Å². The van der Waals surface area contributed by atoms with Gasteiger partial charge in [0, 0.05) is 30.2 Å². The van der Waals surface area contributed by atoms with E-state index in [1.807, 2.05) is 0 Å². The number of rotatable bonds is 5. The third kappa shape index (κ3) is 5.42. The number of amides is 1. The first-order chi connectivity index (χ1) is 18.3. The number of aromatic nitrogens is 1. The maximum atomic E-state index is 13.7. The van der Waals surface area contributed by atoms with E-state index >= 15 is 0 Å². The van der Waals surface area contributed by atoms with Crippen LogP contribution in [-0.4, -0.2) is 34.5 Å². The Morgan fingerprint density at radius 2 is 1.67 bits per heavy atom. The van der Waals surface area contributed by atoms with Gasteiger partial charge in [-0.05, 0) is 54.8 Å². The molecule has 4 atom stereocenters. The maximum Gasteiger partial charge on any atom is 0.416 e. The fraction of sp³-hybridized carbons (Fsp3) is 0.333. The Morgan fingerprint density at radius 1 is 1.03 bits per heavy atom. The molecule has 3 aromatic rings. The van der Waals surface area contributed by atoms with Crippen LogP contribution in [0.4, 0.5) is 30.7 Å². The largest absolute Gasteiger partial charge is 0.445 e. The molecule has 0 aliphatic carbocycles. The molecule has 0 bridgehead atoms. The number of carbonyl (C=O) groups is 1. The van der Waals surface area contributed by atoms with Gasteiger partial charge in [-0.2, -0.15) is 26.3 Å². The lowest BCUT2D eigenvalue weighted by Crippen LogP contribution is -2.39. The molecule has 2 aliphatic rings. The lowest BCUT2D eigenvalue weighted by molar-refractivity contribution is -0.143. The van der Waals surface area contributed by atoms with Crippen LogP contribution in [0.2, 0.25) is 0 Å². The Kier molecular flexibility index (Phi) is 6.78. The van der Waals surface area contributed by atoms with Crippen LogP contribution in [0.3, 0.4) is 0 Å². The van der Waals surface area contributed by atoms with Crippen molar-refractivity contribution in [1.82, 2.24) is 9.88 Å². The van der Waals surface area contributed by atoms with Crippen LogP contribution in [-0.2, 0) is 21.9 Å². The van der Waals surface area contributed by atoms with Gasteiger partial charge in [-0.1, -0.05) is 12.1 Å². The smallest absolute Gasteiger partial charge is 0.416 e. The Morgan fingerprint density at radius 3 is 2.23 bits per heavy atom. The van der Waals surface area contributed by atoms with Gasteiger partial charge in [0.1, 0.15) is 12.1 Å². The zero-order valence-corrected chi connectivity index (χ0v) is 20.3. The number of ether oxygens (including phenoxy) is 1. The molecular weight excluding hydrogens is 533 g/mol. The highest BCUT2D eigenvalue weighted by Gasteiger charge is 2.48. The molecule has 1 amide bonds. The molecule has 1 fully saturated rings. The zero-order chi connectivity index (χ0) is 28.1. The summed E-state index contributed by atoms with van der Waals surface area (Å²) >= 11 is 0. The molecule has 0 radical (unpaired) electrons. The van der Waals surface area contributed by atoms with Crippen molar-refractivity contribution in [3.05, 3.63) is 95.0 Å². The SMILES string of the molecule is C[C@@H](O[C@H]1CN2C(=O)C=C(c3ncco3)C[C@H]2[C@@H]1c1ccc(F)cc1)c1cc(C(F)(F)F)cc(C(F)(F)F)c1. The molecule has 1 aromatic heterocycles. The molecule has 0 unspecified atom stereocenters. The van der Waals surface area contributed by atoms with Gasteiger partial charge in [0.25, 0.3) is 0 Å². The molecule has 5 nitrogen and oxygen atoms in total. The van der Waals surface area contributed by atoms with Gasteiger partial charge in [0.05, 0.1) is 29.5 Å². The molecule has 1 saturated heterocycles. The first-order valence-corrected chi connectivity index (χ1v) is 11.9. The summed E-state index contributed by atoms with van der Waals surface area (Å²) in [7, 11) is 0. The first kappa shape index (κ1) is 26.9. The summed E-state index contributed by atoms with van der Waals surface area (Å²) in [5, 5.41) is 0. The molecule has 3 heterocycles. The van der Waals surface area contributed by atoms with Crippen LogP contribution in [0.25, 0.3) is 5.57 Å². The number of fused-ring (bicyclic) bond motifs is 1. The number of alkyl halides is 6. The van der Waals surface area contributed by atoms with Gasteiger partial charge in [-0.15, -0.1) is 0 Å². The van der Waals surface area contributed by atoms with Crippen molar-refractivity contribution in [1.29, 1.82) is 0 Å². The van der Waals surface area contributed by atoms with E-state index in [1.165, 1.54) is 54.6 Å². The highest BCUT2D eigenvalue weighted by atomic mass is 19.4. The van der Waals surface area contributed by atoms with Crippen molar-refractivity contribution in [3.63, 3.8) is 0 Å². The Balaban J connectivity index is 1.49. The number of hydrogen-bond acceptors (Lipinski definition) is 4. The maximum absolute atomic E-state index is 13.7. The molecule has 12 heteroatoms. The number of nitrogens with zero attached hydrogens (tertiary/aromatic N) is 2. The average Bonchev–Trinajstić information content (AvgIpc) is 3.52. The van der Waals surface area contributed by atoms with E-state index in [2.05, 4.69) is 4.98 Å². The van der Waals surface area contributed by atoms with E-state index in [4.69, 9.17) is 9.15 Å². The van der Waals surface area contributed by atoms with E-state index < -0.39 is 53.5 Å². The van der Waals surface area contributed by atoms with E-state index in [1.54, 1.807) is 0 Å². The number of halogens is 7. The zero-order valence-electron chi connectivity index (χ0n) is 20.3. The summed E-state index contributed by atoms with van der Waals surface area (Å²) in [5.74, 6) is -1.18. The molecule has 0 spiro atoms. The minimum Gasteiger partial charge on any atom is -0.445 e. The fourth-order valence-electron chi connectivity index (χ4n) is 5.23. The lowest BCUT2D eigenvalue weighted by atomic mass is 9.85. The second-order valence-electron chi connectivity index (χ2n) is 9.50. The van der Waals surface area contributed by atoms with Crippen LogP contribution in [0.1, 0.15) is 53.5 Å². The Bertz CT molecular complexity index is 1350. The third-order valence-electron chi connectivity index (χ3n) is 7.02. The van der Waals surface area contributed by atoms with Crippen molar-refractivity contribution in [2.24, 2.45) is 0 Å². The van der Waals surface area contributed by atoms with Crippen molar-refractivity contribution in [3.8, 4) is 0 Å². The van der Waals surface area contributed by atoms with Crippen LogP contribution >= 0.6 is 0 Å². The summed E-state index contributed by atoms with van der Waals surface area (Å²) in [4.78, 5) is 18.7. The second-order valence-corrected chi connectivity index (χ2v) is 9.50. The van der Waals surface area contributed by atoms with Gasteiger partial charge in [-0.3, -0.25) is 4.79 Å². The third-order valence-corrected chi connectivity index (χ3v) is 7.02. The minimum atomic E-state index is -5.01.